The van der Waals surface area contributed by atoms with Gasteiger partial charge in [0.25, 0.3) is 0 Å². The van der Waals surface area contributed by atoms with Crippen LogP contribution in [0.25, 0.3) is 0 Å². The molecule has 0 unspecified atom stereocenters. The first-order valence-electron chi connectivity index (χ1n) is 3.70. The van der Waals surface area contributed by atoms with Gasteiger partial charge in [0.1, 0.15) is 17.6 Å². The van der Waals surface area contributed by atoms with E-state index in [9.17, 15) is 17.2 Å². The predicted molar refractivity (Wildman–Crippen MR) is 46.1 cm³/mol. The Balaban J connectivity index is 3.03. The van der Waals surface area contributed by atoms with Crippen LogP contribution in [0, 0.1) is 11.6 Å². The Labute approximate surface area is 79.9 Å². The minimum atomic E-state index is -3.76. The summed E-state index contributed by atoms with van der Waals surface area (Å²) in [7, 11) is -3.76. The van der Waals surface area contributed by atoms with Gasteiger partial charge in [0.2, 0.25) is 0 Å². The number of sulfone groups is 1. The van der Waals surface area contributed by atoms with Crippen LogP contribution in [-0.2, 0) is 15.6 Å². The van der Waals surface area contributed by atoms with Crippen LogP contribution in [-0.4, -0.2) is 19.5 Å². The molecular formula is C8H8F2O3S. The molecule has 78 valence electrons. The fourth-order valence-electron chi connectivity index (χ4n) is 0.936. The largest absolute Gasteiger partial charge is 0.380 e. The normalized spacial score (nSPS) is 11.6. The maximum Gasteiger partial charge on any atom is 0.178 e. The summed E-state index contributed by atoms with van der Waals surface area (Å²) in [6.07, 6.45) is 0. The van der Waals surface area contributed by atoms with Gasteiger partial charge in [0.15, 0.2) is 9.84 Å². The van der Waals surface area contributed by atoms with Crippen molar-refractivity contribution in [3.63, 3.8) is 0 Å². The zero-order valence-corrected chi connectivity index (χ0v) is 7.89. The number of benzene rings is 1. The number of hydrogen-bond donors (Lipinski definition) is 1. The maximum absolute atomic E-state index is 12.9. The Morgan fingerprint density at radius 2 is 1.93 bits per heavy atom. The number of hydrogen-bond acceptors (Lipinski definition) is 3. The number of rotatable bonds is 3. The SMILES string of the molecule is O=S(=O)(CO)Cc1cc(F)ccc1F. The molecule has 0 aromatic heterocycles. The van der Waals surface area contributed by atoms with E-state index in [1.165, 1.54) is 0 Å². The molecule has 1 rings (SSSR count). The van der Waals surface area contributed by atoms with Crippen molar-refractivity contribution in [1.29, 1.82) is 0 Å². The predicted octanol–water partition coefficient (Wildman–Crippen LogP) is 0.829. The first-order valence-corrected chi connectivity index (χ1v) is 5.52. The Morgan fingerprint density at radius 3 is 2.50 bits per heavy atom. The molecular weight excluding hydrogens is 214 g/mol. The molecule has 0 saturated heterocycles. The van der Waals surface area contributed by atoms with Crippen molar-refractivity contribution in [2.45, 2.75) is 5.75 Å². The lowest BCUT2D eigenvalue weighted by Gasteiger charge is -2.02. The van der Waals surface area contributed by atoms with Crippen molar-refractivity contribution < 1.29 is 22.3 Å². The minimum Gasteiger partial charge on any atom is -0.380 e. The van der Waals surface area contributed by atoms with E-state index in [1.54, 1.807) is 0 Å². The minimum absolute atomic E-state index is 0.279. The number of aliphatic hydroxyl groups is 1. The lowest BCUT2D eigenvalue weighted by Crippen LogP contribution is -2.09. The van der Waals surface area contributed by atoms with Crippen molar-refractivity contribution in [1.82, 2.24) is 0 Å². The van der Waals surface area contributed by atoms with Gasteiger partial charge < -0.3 is 5.11 Å². The van der Waals surface area contributed by atoms with E-state index in [-0.39, 0.29) is 5.56 Å². The molecule has 1 N–H and O–H groups in total. The zero-order valence-electron chi connectivity index (χ0n) is 7.07. The van der Waals surface area contributed by atoms with Gasteiger partial charge in [-0.2, -0.15) is 0 Å². The van der Waals surface area contributed by atoms with E-state index in [1.807, 2.05) is 0 Å². The molecule has 0 spiro atoms. The van der Waals surface area contributed by atoms with Crippen LogP contribution in [0.2, 0.25) is 0 Å². The van der Waals surface area contributed by atoms with Crippen LogP contribution < -0.4 is 0 Å². The fourth-order valence-corrected chi connectivity index (χ4v) is 1.72. The Kier molecular flexibility index (Phi) is 3.17. The Morgan fingerprint density at radius 1 is 1.29 bits per heavy atom. The third-order valence-corrected chi connectivity index (χ3v) is 2.72. The molecule has 14 heavy (non-hydrogen) atoms. The maximum atomic E-state index is 12.9. The molecule has 0 amide bonds. The molecule has 0 saturated carbocycles. The highest BCUT2D eigenvalue weighted by Gasteiger charge is 2.14. The Hall–Kier alpha value is -1.01. The fraction of sp³-hybridized carbons (Fsp3) is 0.250. The van der Waals surface area contributed by atoms with Gasteiger partial charge in [-0.05, 0) is 18.2 Å². The van der Waals surface area contributed by atoms with Gasteiger partial charge in [-0.25, -0.2) is 17.2 Å². The van der Waals surface area contributed by atoms with E-state index in [0.29, 0.717) is 0 Å². The summed E-state index contributed by atoms with van der Waals surface area (Å²) >= 11 is 0. The van der Waals surface area contributed by atoms with Crippen molar-refractivity contribution in [3.8, 4) is 0 Å². The van der Waals surface area contributed by atoms with Gasteiger partial charge in [0, 0.05) is 5.56 Å². The number of aliphatic hydroxyl groups excluding tert-OH is 1. The number of halogens is 2. The molecule has 0 atom stereocenters. The summed E-state index contributed by atoms with van der Waals surface area (Å²) in [5, 5.41) is 8.41. The van der Waals surface area contributed by atoms with Crippen LogP contribution in [0.4, 0.5) is 8.78 Å². The second-order valence-corrected chi connectivity index (χ2v) is 4.79. The standard InChI is InChI=1S/C8H8F2O3S/c9-7-1-2-8(10)6(3-7)4-14(12,13)5-11/h1-3,11H,4-5H2. The molecule has 0 radical (unpaired) electrons. The van der Waals surface area contributed by atoms with E-state index < -0.39 is 33.2 Å². The average Bonchev–Trinajstić information content (AvgIpc) is 2.11. The second-order valence-electron chi connectivity index (χ2n) is 2.75. The monoisotopic (exact) mass is 222 g/mol. The summed E-state index contributed by atoms with van der Waals surface area (Å²) < 4.78 is 47.3. The summed E-state index contributed by atoms with van der Waals surface area (Å²) in [5.41, 5.74) is -0.279. The van der Waals surface area contributed by atoms with Crippen LogP contribution >= 0.6 is 0 Å². The van der Waals surface area contributed by atoms with Crippen molar-refractivity contribution in [2.75, 3.05) is 5.94 Å². The van der Waals surface area contributed by atoms with Gasteiger partial charge in [0.05, 0.1) is 5.75 Å². The van der Waals surface area contributed by atoms with Gasteiger partial charge in [-0.3, -0.25) is 0 Å². The van der Waals surface area contributed by atoms with Gasteiger partial charge >= 0.3 is 0 Å². The molecule has 6 heteroatoms. The van der Waals surface area contributed by atoms with Crippen LogP contribution in [0.3, 0.4) is 0 Å². The summed E-state index contributed by atoms with van der Waals surface area (Å²) in [4.78, 5) is 0. The molecule has 0 aliphatic carbocycles. The lowest BCUT2D eigenvalue weighted by atomic mass is 10.2. The molecule has 1 aromatic carbocycles. The molecule has 1 aromatic rings. The van der Waals surface area contributed by atoms with Gasteiger partial charge in [-0.1, -0.05) is 0 Å². The van der Waals surface area contributed by atoms with E-state index in [2.05, 4.69) is 0 Å². The quantitative estimate of drug-likeness (QED) is 0.824. The van der Waals surface area contributed by atoms with Crippen molar-refractivity contribution in [2.24, 2.45) is 0 Å². The third-order valence-electron chi connectivity index (χ3n) is 1.58. The Bertz CT molecular complexity index is 428. The first-order chi connectivity index (χ1) is 6.44. The smallest absolute Gasteiger partial charge is 0.178 e. The van der Waals surface area contributed by atoms with Crippen LogP contribution in [0.1, 0.15) is 5.56 Å². The second kappa shape index (κ2) is 4.02. The van der Waals surface area contributed by atoms with E-state index in [0.717, 1.165) is 18.2 Å². The summed E-state index contributed by atoms with van der Waals surface area (Å²) in [5.74, 6) is -3.30. The molecule has 0 fully saturated rings. The van der Waals surface area contributed by atoms with Crippen molar-refractivity contribution in [3.05, 3.63) is 35.4 Å². The van der Waals surface area contributed by atoms with Crippen LogP contribution in [0.15, 0.2) is 18.2 Å². The lowest BCUT2D eigenvalue weighted by molar-refractivity contribution is 0.358. The summed E-state index contributed by atoms with van der Waals surface area (Å²) in [6, 6.07) is 2.53. The highest BCUT2D eigenvalue weighted by molar-refractivity contribution is 7.90. The molecule has 0 aliphatic rings. The molecule has 0 heterocycles. The molecule has 0 aliphatic heterocycles. The average molecular weight is 222 g/mol. The summed E-state index contributed by atoms with van der Waals surface area (Å²) in [6.45, 7) is 0. The van der Waals surface area contributed by atoms with Gasteiger partial charge in [-0.15, -0.1) is 0 Å². The highest BCUT2D eigenvalue weighted by atomic mass is 32.2. The van der Waals surface area contributed by atoms with Crippen LogP contribution in [0.5, 0.6) is 0 Å². The van der Waals surface area contributed by atoms with Crippen molar-refractivity contribution >= 4 is 9.84 Å². The topological polar surface area (TPSA) is 54.4 Å². The first kappa shape index (κ1) is 11.1. The highest BCUT2D eigenvalue weighted by Crippen LogP contribution is 2.13. The van der Waals surface area contributed by atoms with E-state index in [4.69, 9.17) is 5.11 Å². The molecule has 0 bridgehead atoms. The zero-order chi connectivity index (χ0) is 10.8. The molecule has 3 nitrogen and oxygen atoms in total. The van der Waals surface area contributed by atoms with E-state index >= 15 is 0 Å². The third kappa shape index (κ3) is 2.74.